The van der Waals surface area contributed by atoms with Crippen LogP contribution in [0.15, 0.2) is 9.85 Å². The number of hydrogen-bond acceptors (Lipinski definition) is 3. The van der Waals surface area contributed by atoms with Crippen LogP contribution in [0.3, 0.4) is 0 Å². The summed E-state index contributed by atoms with van der Waals surface area (Å²) in [6.07, 6.45) is 0. The molecule has 1 aliphatic rings. The number of carboxylic acid groups (broad SMARTS) is 1. The molecule has 4 nitrogen and oxygen atoms in total. The molecule has 2 heterocycles. The Labute approximate surface area is 105 Å². The molecule has 0 saturated carbocycles. The van der Waals surface area contributed by atoms with E-state index in [1.165, 1.54) is 11.3 Å². The Bertz CT molecular complexity index is 431. The van der Waals surface area contributed by atoms with Gasteiger partial charge in [0.25, 0.3) is 5.91 Å². The predicted octanol–water partition coefficient (Wildman–Crippen LogP) is 1.98. The number of carboxylic acids is 1. The van der Waals surface area contributed by atoms with Crippen molar-refractivity contribution in [3.8, 4) is 0 Å². The summed E-state index contributed by atoms with van der Waals surface area (Å²) >= 11 is 4.75. The normalized spacial score (nSPS) is 16.0. The quantitative estimate of drug-likeness (QED) is 0.909. The van der Waals surface area contributed by atoms with Crippen LogP contribution in [0.25, 0.3) is 0 Å². The Morgan fingerprint density at radius 3 is 2.62 bits per heavy atom. The van der Waals surface area contributed by atoms with Gasteiger partial charge in [-0.05, 0) is 34.5 Å². The Balaban J connectivity index is 2.03. The highest BCUT2D eigenvalue weighted by Crippen LogP contribution is 2.29. The van der Waals surface area contributed by atoms with Crippen molar-refractivity contribution in [1.82, 2.24) is 4.90 Å². The van der Waals surface area contributed by atoms with Crippen molar-refractivity contribution < 1.29 is 14.7 Å². The number of aliphatic carboxylic acids is 1. The van der Waals surface area contributed by atoms with E-state index in [-0.39, 0.29) is 5.91 Å². The molecule has 0 bridgehead atoms. The van der Waals surface area contributed by atoms with Crippen molar-refractivity contribution >= 4 is 39.1 Å². The second-order valence-electron chi connectivity index (χ2n) is 3.81. The molecule has 16 heavy (non-hydrogen) atoms. The van der Waals surface area contributed by atoms with Gasteiger partial charge in [-0.15, -0.1) is 11.3 Å². The van der Waals surface area contributed by atoms with Crippen molar-refractivity contribution in [1.29, 1.82) is 0 Å². The molecule has 1 aliphatic heterocycles. The van der Waals surface area contributed by atoms with Gasteiger partial charge in [-0.2, -0.15) is 0 Å². The van der Waals surface area contributed by atoms with Gasteiger partial charge < -0.3 is 10.0 Å². The van der Waals surface area contributed by atoms with Crippen LogP contribution in [0.5, 0.6) is 0 Å². The van der Waals surface area contributed by atoms with Crippen LogP contribution < -0.4 is 0 Å². The summed E-state index contributed by atoms with van der Waals surface area (Å²) in [5, 5.41) is 8.71. The fraction of sp³-hybridized carbons (Fsp3) is 0.400. The summed E-state index contributed by atoms with van der Waals surface area (Å²) in [6.45, 7) is 2.57. The average Bonchev–Trinajstić information content (AvgIpc) is 2.43. The second kappa shape index (κ2) is 4.18. The van der Waals surface area contributed by atoms with Crippen LogP contribution in [0, 0.1) is 12.8 Å². The van der Waals surface area contributed by atoms with Crippen molar-refractivity contribution in [2.45, 2.75) is 6.92 Å². The van der Waals surface area contributed by atoms with Crippen molar-refractivity contribution in [3.05, 3.63) is 20.3 Å². The maximum Gasteiger partial charge on any atom is 0.310 e. The van der Waals surface area contributed by atoms with Gasteiger partial charge in [-0.3, -0.25) is 9.59 Å². The van der Waals surface area contributed by atoms with Gasteiger partial charge in [0.2, 0.25) is 0 Å². The lowest BCUT2D eigenvalue weighted by Gasteiger charge is -2.36. The average molecular weight is 304 g/mol. The molecule has 0 unspecified atom stereocenters. The molecule has 0 spiro atoms. The largest absolute Gasteiger partial charge is 0.481 e. The topological polar surface area (TPSA) is 57.6 Å². The summed E-state index contributed by atoms with van der Waals surface area (Å²) in [7, 11) is 0. The smallest absolute Gasteiger partial charge is 0.310 e. The summed E-state index contributed by atoms with van der Waals surface area (Å²) in [4.78, 5) is 24.7. The molecule has 6 heteroatoms. The Kier molecular flexibility index (Phi) is 3.03. The van der Waals surface area contributed by atoms with Crippen LogP contribution in [-0.4, -0.2) is 35.0 Å². The first-order valence-corrected chi connectivity index (χ1v) is 6.38. The number of hydrogen-bond donors (Lipinski definition) is 1. The van der Waals surface area contributed by atoms with Gasteiger partial charge in [-0.1, -0.05) is 0 Å². The molecule has 1 saturated heterocycles. The number of carbonyl (C=O) groups excluding carboxylic acids is 1. The van der Waals surface area contributed by atoms with Crippen molar-refractivity contribution in [3.63, 3.8) is 0 Å². The minimum absolute atomic E-state index is 0.0729. The number of likely N-dealkylation sites (tertiary alicyclic amines) is 1. The lowest BCUT2D eigenvalue weighted by molar-refractivity contribution is -0.146. The summed E-state index contributed by atoms with van der Waals surface area (Å²) < 4.78 is 0.950. The molecule has 1 aromatic heterocycles. The van der Waals surface area contributed by atoms with Gasteiger partial charge in [0, 0.05) is 13.1 Å². The minimum Gasteiger partial charge on any atom is -0.481 e. The molecule has 86 valence electrons. The Morgan fingerprint density at radius 1 is 1.56 bits per heavy atom. The molecular formula is C10H10BrNO3S. The number of aryl methyl sites for hydroxylation is 1. The summed E-state index contributed by atoms with van der Waals surface area (Å²) in [6, 6.07) is 1.82. The van der Waals surface area contributed by atoms with E-state index in [2.05, 4.69) is 15.9 Å². The van der Waals surface area contributed by atoms with Crippen molar-refractivity contribution in [2.24, 2.45) is 5.92 Å². The first-order valence-electron chi connectivity index (χ1n) is 4.77. The lowest BCUT2D eigenvalue weighted by Crippen LogP contribution is -2.52. The number of nitrogens with zero attached hydrogens (tertiary/aromatic N) is 1. The van der Waals surface area contributed by atoms with Crippen LogP contribution in [-0.2, 0) is 4.79 Å². The number of amides is 1. The third kappa shape index (κ3) is 1.99. The first-order chi connectivity index (χ1) is 7.49. The van der Waals surface area contributed by atoms with E-state index in [1.54, 1.807) is 4.90 Å². The molecule has 0 aliphatic carbocycles. The van der Waals surface area contributed by atoms with Gasteiger partial charge >= 0.3 is 5.97 Å². The highest BCUT2D eigenvalue weighted by atomic mass is 79.9. The summed E-state index contributed by atoms with van der Waals surface area (Å²) in [5.41, 5.74) is 1.03. The fourth-order valence-electron chi connectivity index (χ4n) is 1.52. The lowest BCUT2D eigenvalue weighted by atomic mass is 10.0. The van der Waals surface area contributed by atoms with E-state index in [0.29, 0.717) is 18.0 Å². The van der Waals surface area contributed by atoms with Crippen LogP contribution in [0.1, 0.15) is 15.2 Å². The predicted molar refractivity (Wildman–Crippen MR) is 63.8 cm³/mol. The van der Waals surface area contributed by atoms with Crippen molar-refractivity contribution in [2.75, 3.05) is 13.1 Å². The number of rotatable bonds is 2. The van der Waals surface area contributed by atoms with Gasteiger partial charge in [0.05, 0.1) is 14.6 Å². The minimum atomic E-state index is -0.826. The standard InChI is InChI=1S/C10H10BrNO3S/c1-5-2-7(16-8(5)11)9(13)12-3-6(4-12)10(14)15/h2,6H,3-4H2,1H3,(H,14,15). The maximum absolute atomic E-state index is 11.9. The SMILES string of the molecule is Cc1cc(C(=O)N2CC(C(=O)O)C2)sc1Br. The van der Waals surface area contributed by atoms with Gasteiger partial charge in [-0.25, -0.2) is 0 Å². The third-order valence-electron chi connectivity index (χ3n) is 2.59. The molecule has 1 aromatic rings. The van der Waals surface area contributed by atoms with E-state index in [1.807, 2.05) is 13.0 Å². The second-order valence-corrected chi connectivity index (χ2v) is 6.18. The molecule has 1 fully saturated rings. The molecule has 1 N–H and O–H groups in total. The van der Waals surface area contributed by atoms with E-state index in [0.717, 1.165) is 9.35 Å². The number of thiophene rings is 1. The fourth-order valence-corrected chi connectivity index (χ4v) is 3.02. The van der Waals surface area contributed by atoms with Gasteiger partial charge in [0.1, 0.15) is 0 Å². The highest BCUT2D eigenvalue weighted by molar-refractivity contribution is 9.11. The zero-order valence-corrected chi connectivity index (χ0v) is 11.0. The van der Waals surface area contributed by atoms with E-state index in [4.69, 9.17) is 5.11 Å². The molecular weight excluding hydrogens is 294 g/mol. The molecule has 2 rings (SSSR count). The molecule has 0 radical (unpaired) electrons. The maximum atomic E-state index is 11.9. The van der Waals surface area contributed by atoms with E-state index in [9.17, 15) is 9.59 Å². The molecule has 1 amide bonds. The zero-order chi connectivity index (χ0) is 11.9. The Morgan fingerprint density at radius 2 is 2.19 bits per heavy atom. The monoisotopic (exact) mass is 303 g/mol. The zero-order valence-electron chi connectivity index (χ0n) is 8.57. The Hall–Kier alpha value is -0.880. The first kappa shape index (κ1) is 11.6. The number of halogens is 1. The third-order valence-corrected chi connectivity index (χ3v) is 4.71. The van der Waals surface area contributed by atoms with E-state index >= 15 is 0 Å². The molecule has 0 atom stereocenters. The summed E-state index contributed by atoms with van der Waals surface area (Å²) in [5.74, 6) is -1.29. The molecule has 0 aromatic carbocycles. The van der Waals surface area contributed by atoms with Gasteiger partial charge in [0.15, 0.2) is 0 Å². The van der Waals surface area contributed by atoms with E-state index < -0.39 is 11.9 Å². The van der Waals surface area contributed by atoms with Crippen LogP contribution >= 0.6 is 27.3 Å². The number of carbonyl (C=O) groups is 2. The highest BCUT2D eigenvalue weighted by Gasteiger charge is 2.36. The van der Waals surface area contributed by atoms with Crippen LogP contribution in [0.2, 0.25) is 0 Å². The van der Waals surface area contributed by atoms with Crippen LogP contribution in [0.4, 0.5) is 0 Å².